The zero-order valence-electron chi connectivity index (χ0n) is 15.7. The Morgan fingerprint density at radius 2 is 2.07 bits per heavy atom. The van der Waals surface area contributed by atoms with Gasteiger partial charge in [0.05, 0.1) is 0 Å². The molecule has 1 aromatic heterocycles. The first-order valence-corrected chi connectivity index (χ1v) is 8.89. The molecule has 29 heavy (non-hydrogen) atoms. The van der Waals surface area contributed by atoms with Crippen molar-refractivity contribution in [3.05, 3.63) is 52.5 Å². The number of halogens is 1. The van der Waals surface area contributed by atoms with Gasteiger partial charge in [0.1, 0.15) is 5.71 Å². The number of carboxylic acid groups (broad SMARTS) is 1. The highest BCUT2D eigenvalue weighted by Gasteiger charge is 2.14. The maximum Gasteiger partial charge on any atom is 0.354 e. The molecule has 0 aliphatic heterocycles. The number of benzene rings is 2. The summed E-state index contributed by atoms with van der Waals surface area (Å²) in [7, 11) is 3.62. The Hall–Kier alpha value is -3.59. The van der Waals surface area contributed by atoms with Gasteiger partial charge in [0.15, 0.2) is 0 Å². The van der Waals surface area contributed by atoms with E-state index in [1.807, 2.05) is 20.2 Å². The first-order valence-electron chi connectivity index (χ1n) is 8.51. The third-order valence-corrected chi connectivity index (χ3v) is 4.27. The van der Waals surface area contributed by atoms with E-state index in [-0.39, 0.29) is 11.3 Å². The summed E-state index contributed by atoms with van der Waals surface area (Å²) in [5, 5.41) is 24.3. The number of nitrogens with zero attached hydrogens (tertiary/aromatic N) is 3. The fourth-order valence-electron chi connectivity index (χ4n) is 2.59. The van der Waals surface area contributed by atoms with Crippen molar-refractivity contribution in [2.75, 3.05) is 30.0 Å². The van der Waals surface area contributed by atoms with Crippen LogP contribution in [0.3, 0.4) is 0 Å². The predicted octanol–water partition coefficient (Wildman–Crippen LogP) is 3.10. The van der Waals surface area contributed by atoms with Crippen molar-refractivity contribution in [1.29, 1.82) is 5.41 Å². The van der Waals surface area contributed by atoms with E-state index in [1.54, 1.807) is 29.2 Å². The molecular formula is C19H19ClN6O3. The molecule has 0 saturated heterocycles. The van der Waals surface area contributed by atoms with Crippen molar-refractivity contribution in [1.82, 2.24) is 10.1 Å². The second-order valence-electron chi connectivity index (χ2n) is 6.48. The molecule has 0 saturated carbocycles. The number of hydrogen-bond acceptors (Lipinski definition) is 8. The maximum absolute atomic E-state index is 11.1. The fraction of sp³-hybridized carbons (Fsp3) is 0.158. The molecule has 9 nitrogen and oxygen atoms in total. The van der Waals surface area contributed by atoms with Gasteiger partial charge < -0.3 is 25.6 Å². The molecule has 0 atom stereocenters. The Bertz CT molecular complexity index is 1080. The van der Waals surface area contributed by atoms with E-state index >= 15 is 0 Å². The van der Waals surface area contributed by atoms with Gasteiger partial charge >= 0.3 is 5.97 Å². The molecule has 0 aliphatic rings. The van der Waals surface area contributed by atoms with E-state index in [0.717, 1.165) is 5.56 Å². The molecule has 0 spiro atoms. The Kier molecular flexibility index (Phi) is 5.69. The largest absolute Gasteiger partial charge is 0.477 e. The van der Waals surface area contributed by atoms with Crippen LogP contribution in [0.15, 0.2) is 40.9 Å². The van der Waals surface area contributed by atoms with Crippen LogP contribution in [0.5, 0.6) is 0 Å². The summed E-state index contributed by atoms with van der Waals surface area (Å²) in [6.45, 7) is 0.395. The minimum atomic E-state index is -1.34. The van der Waals surface area contributed by atoms with E-state index in [2.05, 4.69) is 15.5 Å². The molecule has 0 radical (unpaired) electrons. The van der Waals surface area contributed by atoms with Crippen LogP contribution >= 0.6 is 11.6 Å². The maximum atomic E-state index is 11.1. The van der Waals surface area contributed by atoms with Gasteiger partial charge in [0.25, 0.3) is 11.8 Å². The lowest BCUT2D eigenvalue weighted by Gasteiger charge is -2.11. The fourth-order valence-corrected chi connectivity index (χ4v) is 2.85. The van der Waals surface area contributed by atoms with Crippen LogP contribution in [0.4, 0.5) is 17.3 Å². The highest BCUT2D eigenvalue weighted by molar-refractivity contribution is 6.42. The Labute approximate surface area is 171 Å². The molecule has 0 amide bonds. The molecule has 3 aromatic rings. The van der Waals surface area contributed by atoms with E-state index < -0.39 is 11.7 Å². The predicted molar refractivity (Wildman–Crippen MR) is 112 cm³/mol. The summed E-state index contributed by atoms with van der Waals surface area (Å²) in [4.78, 5) is 17.1. The van der Waals surface area contributed by atoms with Gasteiger partial charge in [-0.25, -0.2) is 4.79 Å². The summed E-state index contributed by atoms with van der Waals surface area (Å²) in [6, 6.07) is 10.2. The van der Waals surface area contributed by atoms with Crippen LogP contribution < -0.4 is 16.0 Å². The first kappa shape index (κ1) is 20.2. The lowest BCUT2D eigenvalue weighted by molar-refractivity contribution is -0.129. The summed E-state index contributed by atoms with van der Waals surface area (Å²) in [5.74, 6) is -0.540. The van der Waals surface area contributed by atoms with Crippen LogP contribution in [-0.4, -0.2) is 41.0 Å². The third-order valence-electron chi connectivity index (χ3n) is 4.05. The molecule has 0 unspecified atom stereocenters. The topological polar surface area (TPSA) is 141 Å². The number of nitrogens with two attached hydrogens (primary N) is 1. The molecule has 1 heterocycles. The quantitative estimate of drug-likeness (QED) is 0.341. The highest BCUT2D eigenvalue weighted by atomic mass is 35.5. The monoisotopic (exact) mass is 414 g/mol. The molecule has 2 aromatic carbocycles. The Balaban J connectivity index is 1.81. The van der Waals surface area contributed by atoms with E-state index in [1.165, 1.54) is 6.07 Å². The van der Waals surface area contributed by atoms with Crippen molar-refractivity contribution in [3.63, 3.8) is 0 Å². The average molecular weight is 415 g/mol. The van der Waals surface area contributed by atoms with Crippen LogP contribution in [0.25, 0.3) is 11.5 Å². The number of nitrogens with one attached hydrogen (secondary N) is 2. The second kappa shape index (κ2) is 8.19. The number of carboxylic acids is 1. The van der Waals surface area contributed by atoms with Crippen molar-refractivity contribution in [3.8, 4) is 11.5 Å². The molecule has 0 fully saturated rings. The zero-order valence-corrected chi connectivity index (χ0v) is 16.5. The van der Waals surface area contributed by atoms with Gasteiger partial charge in [0.2, 0.25) is 0 Å². The average Bonchev–Trinajstić information content (AvgIpc) is 3.17. The zero-order chi connectivity index (χ0) is 21.1. The Morgan fingerprint density at radius 1 is 1.31 bits per heavy atom. The smallest absolute Gasteiger partial charge is 0.354 e. The van der Waals surface area contributed by atoms with Gasteiger partial charge in [-0.15, -0.1) is 0 Å². The Morgan fingerprint density at radius 3 is 2.72 bits per heavy atom. The summed E-state index contributed by atoms with van der Waals surface area (Å²) in [5.41, 5.74) is 7.75. The molecule has 0 bridgehead atoms. The van der Waals surface area contributed by atoms with Crippen LogP contribution in [-0.2, 0) is 11.3 Å². The minimum Gasteiger partial charge on any atom is -0.477 e. The molecular weight excluding hydrogens is 396 g/mol. The van der Waals surface area contributed by atoms with E-state index in [9.17, 15) is 4.79 Å². The minimum absolute atomic E-state index is 0.149. The van der Waals surface area contributed by atoms with Gasteiger partial charge in [0, 0.05) is 48.2 Å². The van der Waals surface area contributed by atoms with E-state index in [0.29, 0.717) is 34.7 Å². The van der Waals surface area contributed by atoms with Crippen molar-refractivity contribution < 1.29 is 14.4 Å². The number of anilines is 3. The van der Waals surface area contributed by atoms with Gasteiger partial charge in [-0.1, -0.05) is 11.6 Å². The molecule has 0 aliphatic carbocycles. The number of rotatable bonds is 7. The van der Waals surface area contributed by atoms with Gasteiger partial charge in [-0.2, -0.15) is 4.98 Å². The van der Waals surface area contributed by atoms with Crippen molar-refractivity contribution >= 4 is 40.6 Å². The molecule has 150 valence electrons. The SMILES string of the molecule is CN(C)c1noc(-c2cc(Cl)cc(CNc3ccc(N)c(C(=N)C(=O)O)c3)c2)n1. The molecule has 5 N–H and O–H groups in total. The number of nitrogen functional groups attached to an aromatic ring is 1. The van der Waals surface area contributed by atoms with Crippen LogP contribution in [0.1, 0.15) is 11.1 Å². The second-order valence-corrected chi connectivity index (χ2v) is 6.91. The lowest BCUT2D eigenvalue weighted by Crippen LogP contribution is -2.15. The van der Waals surface area contributed by atoms with Crippen LogP contribution in [0.2, 0.25) is 5.02 Å². The lowest BCUT2D eigenvalue weighted by atomic mass is 10.1. The molecule has 3 rings (SSSR count). The van der Waals surface area contributed by atoms with Crippen molar-refractivity contribution in [2.45, 2.75) is 6.54 Å². The number of aromatic nitrogens is 2. The third kappa shape index (κ3) is 4.64. The van der Waals surface area contributed by atoms with Crippen LogP contribution in [0, 0.1) is 5.41 Å². The summed E-state index contributed by atoms with van der Waals surface area (Å²) < 4.78 is 5.29. The first-order chi connectivity index (χ1) is 13.7. The number of hydrogen-bond donors (Lipinski definition) is 4. The number of carbonyl (C=O) groups is 1. The van der Waals surface area contributed by atoms with Gasteiger partial charge in [-0.3, -0.25) is 5.41 Å². The standard InChI is InChI=1S/C19H19ClN6O3/c1-26(2)19-24-17(29-25-19)11-5-10(6-12(20)7-11)9-23-13-3-4-15(21)14(8-13)16(22)18(27)28/h3-8,22-23H,9,21H2,1-2H3,(H,27,28). The highest BCUT2D eigenvalue weighted by Crippen LogP contribution is 2.26. The normalized spacial score (nSPS) is 10.6. The molecule has 10 heteroatoms. The number of aliphatic carboxylic acids is 1. The van der Waals surface area contributed by atoms with Gasteiger partial charge in [-0.05, 0) is 47.1 Å². The summed E-state index contributed by atoms with van der Waals surface area (Å²) >= 11 is 6.24. The van der Waals surface area contributed by atoms with E-state index in [4.69, 9.17) is 32.4 Å². The van der Waals surface area contributed by atoms with Crippen molar-refractivity contribution in [2.24, 2.45) is 0 Å². The summed E-state index contributed by atoms with van der Waals surface area (Å²) in [6.07, 6.45) is 0.